The summed E-state index contributed by atoms with van der Waals surface area (Å²) in [5.74, 6) is 0.358. The minimum Gasteiger partial charge on any atom is -0.324 e. The molecular weight excluding hydrogens is 510 g/mol. The molecule has 1 aliphatic heterocycles. The molecule has 7 nitrogen and oxygen atoms in total. The number of likely N-dealkylation sites (tertiary alicyclic amines) is 1. The smallest absolute Gasteiger partial charge is 0.324 e. The van der Waals surface area contributed by atoms with E-state index >= 15 is 0 Å². The molecule has 39 heavy (non-hydrogen) atoms. The van der Waals surface area contributed by atoms with Crippen molar-refractivity contribution >= 4 is 23.1 Å². The van der Waals surface area contributed by atoms with Crippen LogP contribution in [0.3, 0.4) is 0 Å². The van der Waals surface area contributed by atoms with E-state index in [9.17, 15) is 17.6 Å². The highest BCUT2D eigenvalue weighted by Gasteiger charge is 2.36. The van der Waals surface area contributed by atoms with Gasteiger partial charge < -0.3 is 4.90 Å². The van der Waals surface area contributed by atoms with E-state index in [-0.39, 0.29) is 30.6 Å². The van der Waals surface area contributed by atoms with Gasteiger partial charge in [-0.2, -0.15) is 18.3 Å². The Balaban J connectivity index is 0.00000172. The topological polar surface area (TPSA) is 95.8 Å². The molecule has 3 N–H and O–H groups in total. The first-order valence-corrected chi connectivity index (χ1v) is 13.4. The summed E-state index contributed by atoms with van der Waals surface area (Å²) < 4.78 is 55.1. The quantitative estimate of drug-likeness (QED) is 0.177. The van der Waals surface area contributed by atoms with Gasteiger partial charge in [0, 0.05) is 43.5 Å². The molecule has 0 amide bonds. The molecule has 1 aliphatic carbocycles. The highest BCUT2D eigenvalue weighted by molar-refractivity contribution is 5.96. The number of benzene rings is 1. The number of hydrogen-bond acceptors (Lipinski definition) is 5. The molecule has 1 aromatic carbocycles. The lowest BCUT2D eigenvalue weighted by Gasteiger charge is -2.36. The maximum Gasteiger partial charge on any atom is 0.433 e. The highest BCUT2D eigenvalue weighted by atomic mass is 19.4. The minimum atomic E-state index is -4.64. The van der Waals surface area contributed by atoms with E-state index < -0.39 is 18.0 Å². The van der Waals surface area contributed by atoms with Gasteiger partial charge in [0.2, 0.25) is 0 Å². The standard InChI is InChI=1S/C26H29F4N7.C2H6/c1-36(14-31)25(32)22(15-4-2-5-15)16-6-3-7-17(10-16)23-19-11-21(26(28,29)30)33-20(24(19)35-34-23)13-37-9-8-18(27)12-37;1-2/h3,6-7,10-11,14-15,18,22,31-32H,2,4-5,8-9,12-13H2,1H3,(H,34,35);1-2H3. The van der Waals surface area contributed by atoms with E-state index in [1.165, 1.54) is 4.90 Å². The summed E-state index contributed by atoms with van der Waals surface area (Å²) in [7, 11) is 1.67. The number of alkyl halides is 4. The second-order valence-corrected chi connectivity index (χ2v) is 9.99. The fraction of sp³-hybridized carbons (Fsp3) is 0.500. The van der Waals surface area contributed by atoms with Crippen molar-refractivity contribution in [2.24, 2.45) is 5.92 Å². The summed E-state index contributed by atoms with van der Waals surface area (Å²) in [6.45, 7) is 4.73. The number of amidine groups is 1. The van der Waals surface area contributed by atoms with Crippen molar-refractivity contribution in [2.75, 3.05) is 20.1 Å². The van der Waals surface area contributed by atoms with Gasteiger partial charge in [-0.15, -0.1) is 0 Å². The van der Waals surface area contributed by atoms with Crippen LogP contribution in [0.1, 0.15) is 62.4 Å². The first kappa shape index (κ1) is 28.7. The Bertz CT molecular complexity index is 1310. The van der Waals surface area contributed by atoms with Crippen LogP contribution in [0.5, 0.6) is 0 Å². The Hall–Kier alpha value is -3.34. The molecule has 2 aliphatic rings. The number of hydrogen-bond donors (Lipinski definition) is 3. The molecule has 2 unspecified atom stereocenters. The second kappa shape index (κ2) is 11.8. The average Bonchev–Trinajstić information content (AvgIpc) is 3.52. The van der Waals surface area contributed by atoms with Crippen LogP contribution >= 0.6 is 0 Å². The van der Waals surface area contributed by atoms with E-state index in [1.54, 1.807) is 18.0 Å². The van der Waals surface area contributed by atoms with Gasteiger partial charge in [0.25, 0.3) is 0 Å². The van der Waals surface area contributed by atoms with E-state index in [1.807, 2.05) is 32.0 Å². The summed E-state index contributed by atoms with van der Waals surface area (Å²) in [5, 5.41) is 23.8. The Morgan fingerprint density at radius 3 is 2.56 bits per heavy atom. The molecule has 1 saturated carbocycles. The largest absolute Gasteiger partial charge is 0.433 e. The zero-order chi connectivity index (χ0) is 28.3. The third-order valence-corrected chi connectivity index (χ3v) is 7.52. The first-order chi connectivity index (χ1) is 18.7. The van der Waals surface area contributed by atoms with E-state index in [0.717, 1.165) is 37.2 Å². The monoisotopic (exact) mass is 545 g/mol. The number of nitrogens with one attached hydrogen (secondary N) is 3. The normalized spacial score (nSPS) is 18.8. The predicted octanol–water partition coefficient (Wildman–Crippen LogP) is 6.61. The van der Waals surface area contributed by atoms with E-state index in [2.05, 4.69) is 15.2 Å². The van der Waals surface area contributed by atoms with Crippen molar-refractivity contribution in [3.8, 4) is 11.3 Å². The molecule has 210 valence electrons. The maximum atomic E-state index is 13.8. The van der Waals surface area contributed by atoms with Crippen LogP contribution in [0.25, 0.3) is 22.2 Å². The lowest BCUT2D eigenvalue weighted by atomic mass is 9.72. The van der Waals surface area contributed by atoms with Crippen LogP contribution in [0.15, 0.2) is 30.3 Å². The van der Waals surface area contributed by atoms with Crippen LogP contribution < -0.4 is 0 Å². The molecule has 2 atom stereocenters. The van der Waals surface area contributed by atoms with Gasteiger partial charge in [0.15, 0.2) is 0 Å². The minimum absolute atomic E-state index is 0.0966. The number of H-pyrrole nitrogens is 1. The molecule has 0 bridgehead atoms. The number of likely N-dealkylation sites (N-methyl/N-ethyl adjacent to an activating group) is 1. The van der Waals surface area contributed by atoms with Crippen LogP contribution in [0, 0.1) is 16.7 Å². The van der Waals surface area contributed by atoms with E-state index in [0.29, 0.717) is 41.0 Å². The number of aromatic amines is 1. The Morgan fingerprint density at radius 2 is 1.97 bits per heavy atom. The molecule has 5 rings (SSSR count). The van der Waals surface area contributed by atoms with Crippen molar-refractivity contribution in [3.63, 3.8) is 0 Å². The third-order valence-electron chi connectivity index (χ3n) is 7.52. The Morgan fingerprint density at radius 1 is 1.23 bits per heavy atom. The fourth-order valence-corrected chi connectivity index (χ4v) is 5.30. The van der Waals surface area contributed by atoms with E-state index in [4.69, 9.17) is 10.8 Å². The summed E-state index contributed by atoms with van der Waals surface area (Å²) in [5.41, 5.74) is 1.46. The predicted molar refractivity (Wildman–Crippen MR) is 145 cm³/mol. The van der Waals surface area contributed by atoms with Crippen molar-refractivity contribution in [1.82, 2.24) is 25.0 Å². The molecule has 3 heterocycles. The Kier molecular flexibility index (Phi) is 8.68. The van der Waals surface area contributed by atoms with Gasteiger partial charge in [0.05, 0.1) is 17.5 Å². The van der Waals surface area contributed by atoms with Gasteiger partial charge in [-0.3, -0.25) is 20.8 Å². The molecule has 2 aromatic heterocycles. The summed E-state index contributed by atoms with van der Waals surface area (Å²) in [6.07, 6.45) is -1.12. The molecular formula is C28H35F4N7. The molecule has 1 saturated heterocycles. The maximum absolute atomic E-state index is 13.8. The molecule has 2 fully saturated rings. The number of aromatic nitrogens is 3. The highest BCUT2D eigenvalue weighted by Crippen LogP contribution is 2.42. The van der Waals surface area contributed by atoms with Gasteiger partial charge in [0.1, 0.15) is 23.4 Å². The van der Waals surface area contributed by atoms with Gasteiger partial charge in [-0.25, -0.2) is 9.37 Å². The number of halogens is 4. The van der Waals surface area contributed by atoms with Gasteiger partial charge in [-0.1, -0.05) is 38.5 Å². The number of fused-ring (bicyclic) bond motifs is 1. The SMILES string of the molecule is CC.CN(C=N)C(=N)C(c1cccc(-c2n[nH]c3c(CN4CCC(F)C4)nc(C(F)(F)F)cc23)c1)C1CCC1. The van der Waals surface area contributed by atoms with Gasteiger partial charge >= 0.3 is 6.18 Å². The van der Waals surface area contributed by atoms with Crippen molar-refractivity contribution in [2.45, 2.75) is 64.3 Å². The van der Waals surface area contributed by atoms with Crippen molar-refractivity contribution in [3.05, 3.63) is 47.3 Å². The lowest BCUT2D eigenvalue weighted by molar-refractivity contribution is -0.141. The average molecular weight is 546 g/mol. The third kappa shape index (κ3) is 5.98. The number of pyridine rings is 1. The van der Waals surface area contributed by atoms with Crippen molar-refractivity contribution < 1.29 is 17.6 Å². The molecule has 0 spiro atoms. The number of rotatable bonds is 7. The Labute approximate surface area is 225 Å². The molecule has 3 aromatic rings. The second-order valence-electron chi connectivity index (χ2n) is 9.99. The summed E-state index contributed by atoms with van der Waals surface area (Å²) >= 11 is 0. The van der Waals surface area contributed by atoms with Gasteiger partial charge in [-0.05, 0) is 42.9 Å². The fourth-order valence-electron chi connectivity index (χ4n) is 5.30. The van der Waals surface area contributed by atoms with Crippen LogP contribution in [-0.4, -0.2) is 63.5 Å². The molecule has 11 heteroatoms. The molecule has 0 radical (unpaired) electrons. The summed E-state index contributed by atoms with van der Waals surface area (Å²) in [6, 6.07) is 8.44. The zero-order valence-electron chi connectivity index (χ0n) is 22.4. The lowest BCUT2D eigenvalue weighted by Crippen LogP contribution is -2.36. The van der Waals surface area contributed by atoms with Crippen LogP contribution in [-0.2, 0) is 12.7 Å². The first-order valence-electron chi connectivity index (χ1n) is 13.4. The number of nitrogens with zero attached hydrogens (tertiary/aromatic N) is 4. The summed E-state index contributed by atoms with van der Waals surface area (Å²) in [4.78, 5) is 7.14. The van der Waals surface area contributed by atoms with Crippen LogP contribution in [0.2, 0.25) is 0 Å². The van der Waals surface area contributed by atoms with Crippen molar-refractivity contribution in [1.29, 1.82) is 10.8 Å². The zero-order valence-corrected chi connectivity index (χ0v) is 22.4. The van der Waals surface area contributed by atoms with Crippen LogP contribution in [0.4, 0.5) is 17.6 Å².